The number of rotatable bonds is 2. The van der Waals surface area contributed by atoms with E-state index in [1.165, 1.54) is 6.42 Å². The molecule has 1 atom stereocenters. The van der Waals surface area contributed by atoms with Crippen LogP contribution in [0.1, 0.15) is 47.0 Å². The van der Waals surface area contributed by atoms with Gasteiger partial charge in [-0.15, -0.1) is 0 Å². The molecule has 0 spiro atoms. The van der Waals surface area contributed by atoms with E-state index in [9.17, 15) is 9.59 Å². The fraction of sp³-hybridized carbons (Fsp3) is 0.846. The fourth-order valence-corrected chi connectivity index (χ4v) is 1.82. The van der Waals surface area contributed by atoms with Crippen molar-refractivity contribution in [2.75, 3.05) is 13.1 Å². The minimum atomic E-state index is -0.612. The summed E-state index contributed by atoms with van der Waals surface area (Å²) < 4.78 is 5.22. The minimum absolute atomic E-state index is 0.173. The van der Waals surface area contributed by atoms with Crippen LogP contribution in [0, 0.1) is 0 Å². The van der Waals surface area contributed by atoms with E-state index in [0.717, 1.165) is 25.9 Å². The molecule has 0 aromatic heterocycles. The molecule has 1 rings (SSSR count). The number of piperidine rings is 1. The van der Waals surface area contributed by atoms with Crippen molar-refractivity contribution >= 4 is 12.0 Å². The maximum absolute atomic E-state index is 11.9. The van der Waals surface area contributed by atoms with Gasteiger partial charge < -0.3 is 15.0 Å². The molecule has 1 aliphatic heterocycles. The zero-order valence-corrected chi connectivity index (χ0v) is 11.8. The predicted molar refractivity (Wildman–Crippen MR) is 69.3 cm³/mol. The van der Waals surface area contributed by atoms with Gasteiger partial charge in [-0.2, -0.15) is 0 Å². The van der Waals surface area contributed by atoms with E-state index in [1.54, 1.807) is 11.8 Å². The van der Waals surface area contributed by atoms with Crippen LogP contribution in [-0.2, 0) is 9.53 Å². The van der Waals surface area contributed by atoms with Crippen LogP contribution in [0.5, 0.6) is 0 Å². The molecule has 2 amide bonds. The molecule has 0 unspecified atom stereocenters. The second-order valence-corrected chi connectivity index (χ2v) is 5.75. The summed E-state index contributed by atoms with van der Waals surface area (Å²) >= 11 is 0. The SMILES string of the molecule is C[C@H](NC(=O)N1CCCCC1)C(=O)OC(C)(C)C. The Bertz CT molecular complexity index is 304. The Morgan fingerprint density at radius 1 is 1.17 bits per heavy atom. The summed E-state index contributed by atoms with van der Waals surface area (Å²) in [6.07, 6.45) is 3.24. The molecule has 5 heteroatoms. The number of carbonyl (C=O) groups is 2. The first-order valence-electron chi connectivity index (χ1n) is 6.58. The molecule has 0 aromatic carbocycles. The first-order chi connectivity index (χ1) is 8.29. The maximum atomic E-state index is 11.9. The highest BCUT2D eigenvalue weighted by Crippen LogP contribution is 2.10. The minimum Gasteiger partial charge on any atom is -0.458 e. The summed E-state index contributed by atoms with van der Waals surface area (Å²) in [6.45, 7) is 8.62. The normalized spacial score (nSPS) is 18.1. The molecule has 0 aliphatic carbocycles. The van der Waals surface area contributed by atoms with Gasteiger partial charge in [0.05, 0.1) is 0 Å². The highest BCUT2D eigenvalue weighted by molar-refractivity contribution is 5.83. The summed E-state index contributed by atoms with van der Waals surface area (Å²) in [5.41, 5.74) is -0.527. The zero-order chi connectivity index (χ0) is 13.8. The average molecular weight is 256 g/mol. The van der Waals surface area contributed by atoms with Crippen molar-refractivity contribution in [1.29, 1.82) is 0 Å². The summed E-state index contributed by atoms with van der Waals surface area (Å²) in [5, 5.41) is 2.68. The standard InChI is InChI=1S/C13H24N2O3/c1-10(11(16)18-13(2,3)4)14-12(17)15-8-6-5-7-9-15/h10H,5-9H2,1-4H3,(H,14,17)/t10-/m0/s1. The zero-order valence-electron chi connectivity index (χ0n) is 11.8. The molecule has 0 aromatic rings. The van der Waals surface area contributed by atoms with Crippen molar-refractivity contribution in [3.8, 4) is 0 Å². The molecule has 1 heterocycles. The molecule has 18 heavy (non-hydrogen) atoms. The third-order valence-corrected chi connectivity index (χ3v) is 2.74. The summed E-state index contributed by atoms with van der Waals surface area (Å²) in [4.78, 5) is 25.4. The Morgan fingerprint density at radius 3 is 2.22 bits per heavy atom. The number of nitrogens with zero attached hydrogens (tertiary/aromatic N) is 1. The number of urea groups is 1. The lowest BCUT2D eigenvalue weighted by Gasteiger charge is -2.29. The molecule has 5 nitrogen and oxygen atoms in total. The molecule has 1 fully saturated rings. The lowest BCUT2D eigenvalue weighted by molar-refractivity contribution is -0.156. The number of esters is 1. The van der Waals surface area contributed by atoms with Gasteiger partial charge in [-0.1, -0.05) is 0 Å². The molecule has 0 radical (unpaired) electrons. The molecule has 0 saturated carbocycles. The van der Waals surface area contributed by atoms with Crippen LogP contribution in [0.2, 0.25) is 0 Å². The van der Waals surface area contributed by atoms with Crippen molar-refractivity contribution in [3.63, 3.8) is 0 Å². The summed E-state index contributed by atoms with van der Waals surface area (Å²) in [5.74, 6) is -0.396. The van der Waals surface area contributed by atoms with E-state index in [1.807, 2.05) is 20.8 Å². The van der Waals surface area contributed by atoms with Gasteiger partial charge in [0.2, 0.25) is 0 Å². The van der Waals surface area contributed by atoms with E-state index in [4.69, 9.17) is 4.74 Å². The van der Waals surface area contributed by atoms with Crippen LogP contribution in [0.3, 0.4) is 0 Å². The molecule has 1 N–H and O–H groups in total. The lowest BCUT2D eigenvalue weighted by atomic mass is 10.1. The second-order valence-electron chi connectivity index (χ2n) is 5.75. The quantitative estimate of drug-likeness (QED) is 0.768. The molecular weight excluding hydrogens is 232 g/mol. The molecule has 104 valence electrons. The van der Waals surface area contributed by atoms with Crippen LogP contribution >= 0.6 is 0 Å². The number of hydrogen-bond acceptors (Lipinski definition) is 3. The van der Waals surface area contributed by atoms with Crippen molar-refractivity contribution in [1.82, 2.24) is 10.2 Å². The largest absolute Gasteiger partial charge is 0.458 e. The molecule has 1 saturated heterocycles. The van der Waals surface area contributed by atoms with E-state index in [2.05, 4.69) is 5.32 Å². The van der Waals surface area contributed by atoms with E-state index in [0.29, 0.717) is 0 Å². The van der Waals surface area contributed by atoms with Crippen LogP contribution in [0.15, 0.2) is 0 Å². The maximum Gasteiger partial charge on any atom is 0.328 e. The van der Waals surface area contributed by atoms with Gasteiger partial charge in [-0.05, 0) is 47.0 Å². The number of amides is 2. The predicted octanol–water partition coefficient (Wildman–Crippen LogP) is 1.91. The first-order valence-corrected chi connectivity index (χ1v) is 6.58. The highest BCUT2D eigenvalue weighted by atomic mass is 16.6. The molecule has 0 bridgehead atoms. The Morgan fingerprint density at radius 2 is 1.72 bits per heavy atom. The highest BCUT2D eigenvalue weighted by Gasteiger charge is 2.25. The fourth-order valence-electron chi connectivity index (χ4n) is 1.82. The Balaban J connectivity index is 2.41. The van der Waals surface area contributed by atoms with Gasteiger partial charge in [-0.3, -0.25) is 0 Å². The number of carbonyl (C=O) groups excluding carboxylic acids is 2. The van der Waals surface area contributed by atoms with Gasteiger partial charge >= 0.3 is 12.0 Å². The first kappa shape index (κ1) is 14.8. The summed E-state index contributed by atoms with van der Waals surface area (Å²) in [7, 11) is 0. The molecular formula is C13H24N2O3. The van der Waals surface area contributed by atoms with Gasteiger partial charge in [0.25, 0.3) is 0 Å². The van der Waals surface area contributed by atoms with Crippen LogP contribution in [0.25, 0.3) is 0 Å². The smallest absolute Gasteiger partial charge is 0.328 e. The lowest BCUT2D eigenvalue weighted by Crippen LogP contribution is -2.49. The van der Waals surface area contributed by atoms with Crippen LogP contribution < -0.4 is 5.32 Å². The summed E-state index contributed by atoms with van der Waals surface area (Å²) in [6, 6.07) is -0.785. The van der Waals surface area contributed by atoms with Gasteiger partial charge in [0, 0.05) is 13.1 Å². The second kappa shape index (κ2) is 6.07. The average Bonchev–Trinajstić information content (AvgIpc) is 2.27. The number of nitrogens with one attached hydrogen (secondary N) is 1. The van der Waals surface area contributed by atoms with Crippen molar-refractivity contribution in [2.45, 2.75) is 58.6 Å². The Labute approximate surface area is 109 Å². The topological polar surface area (TPSA) is 58.6 Å². The van der Waals surface area contributed by atoms with Gasteiger partial charge in [0.15, 0.2) is 0 Å². The monoisotopic (exact) mass is 256 g/mol. The van der Waals surface area contributed by atoms with Crippen molar-refractivity contribution in [2.24, 2.45) is 0 Å². The number of likely N-dealkylation sites (tertiary alicyclic amines) is 1. The molecule has 1 aliphatic rings. The Hall–Kier alpha value is -1.26. The van der Waals surface area contributed by atoms with Crippen LogP contribution in [-0.4, -0.2) is 41.6 Å². The van der Waals surface area contributed by atoms with Gasteiger partial charge in [-0.25, -0.2) is 9.59 Å². The third kappa shape index (κ3) is 4.94. The van der Waals surface area contributed by atoms with Crippen molar-refractivity contribution < 1.29 is 14.3 Å². The number of ether oxygens (including phenoxy) is 1. The Kier molecular flexibility index (Phi) is 4.99. The van der Waals surface area contributed by atoms with E-state index in [-0.39, 0.29) is 6.03 Å². The van der Waals surface area contributed by atoms with Gasteiger partial charge in [0.1, 0.15) is 11.6 Å². The van der Waals surface area contributed by atoms with Crippen LogP contribution in [0.4, 0.5) is 4.79 Å². The van der Waals surface area contributed by atoms with E-state index >= 15 is 0 Å². The third-order valence-electron chi connectivity index (χ3n) is 2.74. The van der Waals surface area contributed by atoms with Crippen molar-refractivity contribution in [3.05, 3.63) is 0 Å². The van der Waals surface area contributed by atoms with E-state index < -0.39 is 17.6 Å². The number of hydrogen-bond donors (Lipinski definition) is 1.